The van der Waals surface area contributed by atoms with Gasteiger partial charge < -0.3 is 4.90 Å². The van der Waals surface area contributed by atoms with E-state index in [2.05, 4.69) is 254 Å². The molecule has 0 spiro atoms. The van der Waals surface area contributed by atoms with Crippen molar-refractivity contribution in [1.82, 2.24) is 0 Å². The van der Waals surface area contributed by atoms with E-state index in [4.69, 9.17) is 0 Å². The molecule has 1 nitrogen and oxygen atoms in total. The second-order valence-electron chi connectivity index (χ2n) is 16.4. The van der Waals surface area contributed by atoms with Crippen LogP contribution in [0.4, 0.5) is 17.1 Å². The molecule has 64 heavy (non-hydrogen) atoms. The van der Waals surface area contributed by atoms with Gasteiger partial charge in [0.2, 0.25) is 0 Å². The van der Waals surface area contributed by atoms with Gasteiger partial charge in [-0.15, -0.1) is 11.3 Å². The topological polar surface area (TPSA) is 3.24 Å². The van der Waals surface area contributed by atoms with Crippen LogP contribution in [0.5, 0.6) is 0 Å². The van der Waals surface area contributed by atoms with Crippen LogP contribution >= 0.6 is 11.3 Å². The lowest BCUT2D eigenvalue weighted by Crippen LogP contribution is -2.09. The van der Waals surface area contributed by atoms with Gasteiger partial charge in [-0.3, -0.25) is 0 Å². The zero-order valence-electron chi connectivity index (χ0n) is 35.0. The molecule has 0 saturated carbocycles. The number of hydrogen-bond acceptors (Lipinski definition) is 2. The van der Waals surface area contributed by atoms with Gasteiger partial charge in [-0.05, 0) is 114 Å². The molecule has 11 aromatic carbocycles. The van der Waals surface area contributed by atoms with Crippen LogP contribution in [0.25, 0.3) is 97.4 Å². The number of rotatable bonds is 8. The van der Waals surface area contributed by atoms with Gasteiger partial charge in [0, 0.05) is 37.2 Å². The van der Waals surface area contributed by atoms with Gasteiger partial charge in [0.1, 0.15) is 0 Å². The molecule has 0 unspecified atom stereocenters. The third-order valence-corrected chi connectivity index (χ3v) is 13.9. The SMILES string of the molecule is c1ccc(-c2ccccc2-c2ccc(-c3ccc(N(c4ccc(-c5cccc6cccc(-c7ccccc7)c56)cc4)c4ccc5c(c4)sc4c6ccccc6ccc54)cc3)cc2)cc1. The molecule has 12 rings (SSSR count). The van der Waals surface area contributed by atoms with Gasteiger partial charge in [-0.25, -0.2) is 0 Å². The number of fused-ring (bicyclic) bond motifs is 6. The summed E-state index contributed by atoms with van der Waals surface area (Å²) < 4.78 is 2.62. The number of hydrogen-bond donors (Lipinski definition) is 0. The summed E-state index contributed by atoms with van der Waals surface area (Å²) in [4.78, 5) is 2.40. The number of nitrogens with zero attached hydrogens (tertiary/aromatic N) is 1. The number of benzene rings is 11. The Bertz CT molecular complexity index is 3620. The lowest BCUT2D eigenvalue weighted by Gasteiger charge is -2.26. The minimum absolute atomic E-state index is 1.10. The lowest BCUT2D eigenvalue weighted by atomic mass is 9.91. The van der Waals surface area contributed by atoms with Crippen molar-refractivity contribution in [3.63, 3.8) is 0 Å². The molecule has 0 aliphatic rings. The Morgan fingerprint density at radius 1 is 0.266 bits per heavy atom. The summed E-state index contributed by atoms with van der Waals surface area (Å²) in [5.74, 6) is 0. The average Bonchev–Trinajstić information content (AvgIpc) is 3.76. The van der Waals surface area contributed by atoms with Crippen LogP contribution in [0, 0.1) is 0 Å². The summed E-state index contributed by atoms with van der Waals surface area (Å²) in [5.41, 5.74) is 15.5. The predicted octanol–water partition coefficient (Wildman–Crippen LogP) is 18.2. The average molecular weight is 832 g/mol. The highest BCUT2D eigenvalue weighted by atomic mass is 32.1. The molecule has 0 saturated heterocycles. The van der Waals surface area contributed by atoms with Crippen LogP contribution in [0.1, 0.15) is 0 Å². The largest absolute Gasteiger partial charge is 0.310 e. The Kier molecular flexibility index (Phi) is 9.43. The van der Waals surface area contributed by atoms with E-state index >= 15 is 0 Å². The van der Waals surface area contributed by atoms with E-state index in [9.17, 15) is 0 Å². The maximum absolute atomic E-state index is 2.40. The summed E-state index contributed by atoms with van der Waals surface area (Å²) in [6, 6.07) is 90.7. The van der Waals surface area contributed by atoms with Crippen LogP contribution in [-0.4, -0.2) is 0 Å². The molecular formula is C62H41NS. The standard InChI is InChI=1S/C62H41NS/c1-3-13-44(14-4-1)53-20-9-10-21-54(53)47-27-25-42(26-28-47)43-29-34-50(35-30-43)63(52-38-40-58-59-39-33-46-17-7-8-22-57(46)62(59)64-60(58)41-52)51-36-31-48(32-37-51)56-24-12-19-49-18-11-23-55(61(49)56)45-15-5-2-6-16-45/h1-41H. The summed E-state index contributed by atoms with van der Waals surface area (Å²) in [6.45, 7) is 0. The molecule has 0 fully saturated rings. The monoisotopic (exact) mass is 831 g/mol. The highest BCUT2D eigenvalue weighted by Gasteiger charge is 2.18. The van der Waals surface area contributed by atoms with Crippen molar-refractivity contribution in [3.8, 4) is 55.6 Å². The zero-order chi connectivity index (χ0) is 42.4. The fourth-order valence-corrected chi connectivity index (χ4v) is 10.8. The number of thiophene rings is 1. The van der Waals surface area contributed by atoms with Crippen LogP contribution in [-0.2, 0) is 0 Å². The Hall–Kier alpha value is -8.04. The van der Waals surface area contributed by atoms with Crippen LogP contribution in [0.3, 0.4) is 0 Å². The molecule has 0 aliphatic heterocycles. The molecule has 12 aromatic rings. The maximum Gasteiger partial charge on any atom is 0.0476 e. The van der Waals surface area contributed by atoms with Gasteiger partial charge in [0.15, 0.2) is 0 Å². The van der Waals surface area contributed by atoms with Crippen molar-refractivity contribution < 1.29 is 0 Å². The van der Waals surface area contributed by atoms with E-state index in [-0.39, 0.29) is 0 Å². The van der Waals surface area contributed by atoms with E-state index in [1.165, 1.54) is 97.4 Å². The minimum atomic E-state index is 1.10. The van der Waals surface area contributed by atoms with Crippen molar-refractivity contribution in [3.05, 3.63) is 249 Å². The normalized spacial score (nSPS) is 11.4. The summed E-state index contributed by atoms with van der Waals surface area (Å²) in [6.07, 6.45) is 0. The van der Waals surface area contributed by atoms with Crippen molar-refractivity contribution in [2.75, 3.05) is 4.90 Å². The third kappa shape index (κ3) is 6.73. The summed E-state index contributed by atoms with van der Waals surface area (Å²) in [5, 5.41) is 7.69. The predicted molar refractivity (Wildman–Crippen MR) is 276 cm³/mol. The third-order valence-electron chi connectivity index (χ3n) is 12.7. The fourth-order valence-electron chi connectivity index (χ4n) is 9.56. The van der Waals surface area contributed by atoms with Crippen LogP contribution < -0.4 is 4.90 Å². The molecule has 1 heterocycles. The molecule has 300 valence electrons. The Morgan fingerprint density at radius 2 is 0.703 bits per heavy atom. The van der Waals surface area contributed by atoms with Gasteiger partial charge in [-0.1, -0.05) is 212 Å². The molecule has 0 atom stereocenters. The molecule has 0 N–H and O–H groups in total. The zero-order valence-corrected chi connectivity index (χ0v) is 35.8. The lowest BCUT2D eigenvalue weighted by molar-refractivity contribution is 1.29. The molecule has 0 aliphatic carbocycles. The maximum atomic E-state index is 2.40. The Labute approximate surface area is 377 Å². The van der Waals surface area contributed by atoms with Crippen LogP contribution in [0.15, 0.2) is 249 Å². The van der Waals surface area contributed by atoms with E-state index in [1.807, 2.05) is 11.3 Å². The Balaban J connectivity index is 0.936. The first-order valence-electron chi connectivity index (χ1n) is 21.9. The molecule has 1 aromatic heterocycles. The highest BCUT2D eigenvalue weighted by Crippen LogP contribution is 2.44. The number of anilines is 3. The molecule has 0 radical (unpaired) electrons. The second-order valence-corrected chi connectivity index (χ2v) is 17.5. The van der Waals surface area contributed by atoms with Crippen LogP contribution in [0.2, 0.25) is 0 Å². The van der Waals surface area contributed by atoms with Gasteiger partial charge in [-0.2, -0.15) is 0 Å². The minimum Gasteiger partial charge on any atom is -0.310 e. The van der Waals surface area contributed by atoms with Crippen molar-refractivity contribution in [2.45, 2.75) is 0 Å². The van der Waals surface area contributed by atoms with E-state index < -0.39 is 0 Å². The first-order valence-corrected chi connectivity index (χ1v) is 22.7. The van der Waals surface area contributed by atoms with Gasteiger partial charge in [0.25, 0.3) is 0 Å². The van der Waals surface area contributed by atoms with Crippen molar-refractivity contribution in [2.24, 2.45) is 0 Å². The van der Waals surface area contributed by atoms with Crippen molar-refractivity contribution in [1.29, 1.82) is 0 Å². The van der Waals surface area contributed by atoms with E-state index in [1.54, 1.807) is 0 Å². The highest BCUT2D eigenvalue weighted by molar-refractivity contribution is 7.26. The van der Waals surface area contributed by atoms with E-state index in [0.717, 1.165) is 17.1 Å². The van der Waals surface area contributed by atoms with Gasteiger partial charge in [0.05, 0.1) is 0 Å². The van der Waals surface area contributed by atoms with Crippen molar-refractivity contribution >= 4 is 70.1 Å². The second kappa shape index (κ2) is 16.0. The first kappa shape index (κ1) is 37.7. The summed E-state index contributed by atoms with van der Waals surface area (Å²) in [7, 11) is 0. The molecule has 0 bridgehead atoms. The Morgan fingerprint density at radius 3 is 1.34 bits per heavy atom. The molecule has 0 amide bonds. The van der Waals surface area contributed by atoms with Gasteiger partial charge >= 0.3 is 0 Å². The first-order chi connectivity index (χ1) is 31.7. The summed E-state index contributed by atoms with van der Waals surface area (Å²) >= 11 is 1.89. The fraction of sp³-hybridized carbons (Fsp3) is 0. The van der Waals surface area contributed by atoms with E-state index in [0.29, 0.717) is 0 Å². The molecule has 2 heteroatoms. The molecular weight excluding hydrogens is 791 g/mol. The smallest absolute Gasteiger partial charge is 0.0476 e. The quantitative estimate of drug-likeness (QED) is 0.147.